The summed E-state index contributed by atoms with van der Waals surface area (Å²) in [4.78, 5) is 29.0. The molecule has 2 heterocycles. The van der Waals surface area contributed by atoms with Gasteiger partial charge in [-0.3, -0.25) is 14.7 Å². The number of carbonyl (C=O) groups is 1. The molecular formula is C25H20N4O2S. The highest BCUT2D eigenvalue weighted by Gasteiger charge is 2.23. The first-order valence-corrected chi connectivity index (χ1v) is 11.1. The maximum Gasteiger partial charge on any atom is 0.280 e. The van der Waals surface area contributed by atoms with Crippen LogP contribution in [0.3, 0.4) is 0 Å². The summed E-state index contributed by atoms with van der Waals surface area (Å²) in [5.41, 5.74) is 3.55. The monoisotopic (exact) mass is 440 g/mol. The average Bonchev–Trinajstić information content (AvgIpc) is 3.26. The molecule has 0 fully saturated rings. The molecule has 5 rings (SSSR count). The number of anilines is 1. The summed E-state index contributed by atoms with van der Waals surface area (Å²) in [7, 11) is 0. The Morgan fingerprint density at radius 2 is 1.72 bits per heavy atom. The van der Waals surface area contributed by atoms with Gasteiger partial charge in [0, 0.05) is 0 Å². The molecule has 0 saturated carbocycles. The van der Waals surface area contributed by atoms with Crippen molar-refractivity contribution < 1.29 is 9.53 Å². The summed E-state index contributed by atoms with van der Waals surface area (Å²) in [6.07, 6.45) is 1.53. The standard InChI is InChI=1S/C25H20N4O2S/c1-2-31-18-12-13-21-23(14-18)32-25(28-21)29(16-17-8-4-3-5-9-17)24(30)22-15-26-19-10-6-7-11-20(19)27-22/h3-15H,2,16H2,1H3. The van der Waals surface area contributed by atoms with Crippen LogP contribution in [0.4, 0.5) is 5.13 Å². The second-order valence-electron chi connectivity index (χ2n) is 7.18. The quantitative estimate of drug-likeness (QED) is 0.349. The third-order valence-electron chi connectivity index (χ3n) is 4.99. The molecule has 5 aromatic rings. The van der Waals surface area contributed by atoms with Gasteiger partial charge in [-0.2, -0.15) is 0 Å². The lowest BCUT2D eigenvalue weighted by molar-refractivity contribution is 0.0980. The van der Waals surface area contributed by atoms with Gasteiger partial charge in [0.1, 0.15) is 11.4 Å². The number of carbonyl (C=O) groups excluding carboxylic acids is 1. The number of hydrogen-bond donors (Lipinski definition) is 0. The molecule has 6 nitrogen and oxygen atoms in total. The fraction of sp³-hybridized carbons (Fsp3) is 0.120. The van der Waals surface area contributed by atoms with Gasteiger partial charge in [0.2, 0.25) is 0 Å². The zero-order chi connectivity index (χ0) is 21.9. The van der Waals surface area contributed by atoms with Gasteiger partial charge in [-0.15, -0.1) is 0 Å². The van der Waals surface area contributed by atoms with Gasteiger partial charge in [-0.05, 0) is 42.8 Å². The summed E-state index contributed by atoms with van der Waals surface area (Å²) in [6, 6.07) is 23.2. The number of amides is 1. The second kappa shape index (κ2) is 8.72. The van der Waals surface area contributed by atoms with Crippen LogP contribution in [0.2, 0.25) is 0 Å². The SMILES string of the molecule is CCOc1ccc2nc(N(Cc3ccccc3)C(=O)c3cnc4ccccc4n3)sc2c1. The van der Waals surface area contributed by atoms with Crippen molar-refractivity contribution >= 4 is 43.6 Å². The van der Waals surface area contributed by atoms with E-state index in [9.17, 15) is 4.79 Å². The summed E-state index contributed by atoms with van der Waals surface area (Å²) in [6.45, 7) is 2.93. The molecule has 0 bridgehead atoms. The van der Waals surface area contributed by atoms with Crippen LogP contribution in [0.25, 0.3) is 21.3 Å². The van der Waals surface area contributed by atoms with E-state index in [0.29, 0.717) is 23.8 Å². The van der Waals surface area contributed by atoms with Gasteiger partial charge in [0.15, 0.2) is 5.13 Å². The molecule has 0 saturated heterocycles. The van der Waals surface area contributed by atoms with Crippen molar-refractivity contribution in [3.63, 3.8) is 0 Å². The van der Waals surface area contributed by atoms with Crippen molar-refractivity contribution in [3.8, 4) is 5.75 Å². The maximum absolute atomic E-state index is 13.6. The topological polar surface area (TPSA) is 68.2 Å². The van der Waals surface area contributed by atoms with Gasteiger partial charge in [-0.25, -0.2) is 9.97 Å². The third-order valence-corrected chi connectivity index (χ3v) is 6.03. The molecule has 2 aromatic heterocycles. The van der Waals surface area contributed by atoms with Crippen LogP contribution in [-0.2, 0) is 6.54 Å². The number of aromatic nitrogens is 3. The molecule has 0 atom stereocenters. The molecule has 1 amide bonds. The zero-order valence-corrected chi connectivity index (χ0v) is 18.2. The van der Waals surface area contributed by atoms with Crippen LogP contribution in [0, 0.1) is 0 Å². The molecule has 0 aliphatic heterocycles. The molecule has 0 N–H and O–H groups in total. The van der Waals surface area contributed by atoms with Crippen molar-refractivity contribution in [2.75, 3.05) is 11.5 Å². The Labute approximate surface area is 189 Å². The number of hydrogen-bond acceptors (Lipinski definition) is 6. The highest BCUT2D eigenvalue weighted by molar-refractivity contribution is 7.22. The predicted octanol–water partition coefficient (Wildman–Crippen LogP) is 5.49. The van der Waals surface area contributed by atoms with Crippen LogP contribution in [0.15, 0.2) is 79.0 Å². The normalized spacial score (nSPS) is 11.0. The van der Waals surface area contributed by atoms with Gasteiger partial charge in [0.05, 0.1) is 40.6 Å². The first-order chi connectivity index (χ1) is 15.7. The van der Waals surface area contributed by atoms with Crippen LogP contribution in [-0.4, -0.2) is 27.5 Å². The van der Waals surface area contributed by atoms with E-state index in [1.54, 1.807) is 4.90 Å². The Bertz CT molecular complexity index is 1400. The number of para-hydroxylation sites is 2. The Kier molecular flexibility index (Phi) is 5.47. The number of benzene rings is 3. The minimum atomic E-state index is -0.240. The van der Waals surface area contributed by atoms with Crippen molar-refractivity contribution in [1.82, 2.24) is 15.0 Å². The Morgan fingerprint density at radius 1 is 0.938 bits per heavy atom. The van der Waals surface area contributed by atoms with E-state index >= 15 is 0 Å². The minimum absolute atomic E-state index is 0.240. The first-order valence-electron chi connectivity index (χ1n) is 10.3. The smallest absolute Gasteiger partial charge is 0.280 e. The lowest BCUT2D eigenvalue weighted by Crippen LogP contribution is -2.31. The average molecular weight is 441 g/mol. The van der Waals surface area contributed by atoms with Crippen LogP contribution in [0.5, 0.6) is 5.75 Å². The molecular weight excluding hydrogens is 420 g/mol. The number of nitrogens with zero attached hydrogens (tertiary/aromatic N) is 4. The Hall–Kier alpha value is -3.84. The van der Waals surface area contributed by atoms with E-state index < -0.39 is 0 Å². The van der Waals surface area contributed by atoms with E-state index in [0.717, 1.165) is 27.0 Å². The molecule has 158 valence electrons. The lowest BCUT2D eigenvalue weighted by Gasteiger charge is -2.19. The number of ether oxygens (including phenoxy) is 1. The molecule has 0 aliphatic rings. The lowest BCUT2D eigenvalue weighted by atomic mass is 10.2. The van der Waals surface area contributed by atoms with E-state index in [1.165, 1.54) is 17.5 Å². The minimum Gasteiger partial charge on any atom is -0.494 e. The van der Waals surface area contributed by atoms with Crippen molar-refractivity contribution in [2.24, 2.45) is 0 Å². The highest BCUT2D eigenvalue weighted by atomic mass is 32.1. The largest absolute Gasteiger partial charge is 0.494 e. The van der Waals surface area contributed by atoms with E-state index in [4.69, 9.17) is 9.72 Å². The number of thiazole rings is 1. The Morgan fingerprint density at radius 3 is 2.53 bits per heavy atom. The summed E-state index contributed by atoms with van der Waals surface area (Å²) in [5.74, 6) is 0.549. The summed E-state index contributed by atoms with van der Waals surface area (Å²) in [5, 5.41) is 0.609. The van der Waals surface area contributed by atoms with E-state index in [1.807, 2.05) is 79.7 Å². The van der Waals surface area contributed by atoms with E-state index in [-0.39, 0.29) is 11.6 Å². The van der Waals surface area contributed by atoms with Gasteiger partial charge < -0.3 is 4.74 Å². The molecule has 7 heteroatoms. The molecule has 0 spiro atoms. The second-order valence-corrected chi connectivity index (χ2v) is 8.19. The van der Waals surface area contributed by atoms with Crippen molar-refractivity contribution in [2.45, 2.75) is 13.5 Å². The molecule has 0 unspecified atom stereocenters. The van der Waals surface area contributed by atoms with Crippen molar-refractivity contribution in [1.29, 1.82) is 0 Å². The summed E-state index contributed by atoms with van der Waals surface area (Å²) < 4.78 is 6.58. The third kappa shape index (κ3) is 4.02. The highest BCUT2D eigenvalue weighted by Crippen LogP contribution is 2.33. The number of rotatable bonds is 6. The molecule has 3 aromatic carbocycles. The fourth-order valence-corrected chi connectivity index (χ4v) is 4.45. The first kappa shape index (κ1) is 20.1. The number of fused-ring (bicyclic) bond motifs is 2. The van der Waals surface area contributed by atoms with Gasteiger partial charge in [-0.1, -0.05) is 53.8 Å². The van der Waals surface area contributed by atoms with E-state index in [2.05, 4.69) is 9.97 Å². The predicted molar refractivity (Wildman–Crippen MR) is 127 cm³/mol. The fourth-order valence-electron chi connectivity index (χ4n) is 3.46. The zero-order valence-electron chi connectivity index (χ0n) is 17.4. The molecule has 0 aliphatic carbocycles. The Balaban J connectivity index is 1.56. The van der Waals surface area contributed by atoms with Gasteiger partial charge in [0.25, 0.3) is 5.91 Å². The van der Waals surface area contributed by atoms with Crippen LogP contribution >= 0.6 is 11.3 Å². The van der Waals surface area contributed by atoms with Gasteiger partial charge >= 0.3 is 0 Å². The molecule has 32 heavy (non-hydrogen) atoms. The van der Waals surface area contributed by atoms with Crippen LogP contribution < -0.4 is 9.64 Å². The maximum atomic E-state index is 13.6. The summed E-state index contributed by atoms with van der Waals surface area (Å²) >= 11 is 1.46. The van der Waals surface area contributed by atoms with Crippen LogP contribution in [0.1, 0.15) is 23.0 Å². The molecule has 0 radical (unpaired) electrons. The van der Waals surface area contributed by atoms with Crippen molar-refractivity contribution in [3.05, 3.63) is 90.3 Å².